The Morgan fingerprint density at radius 2 is 1.64 bits per heavy atom. The van der Waals surface area contributed by atoms with Crippen LogP contribution in [0.4, 0.5) is 0 Å². The number of rotatable bonds is 7. The predicted molar refractivity (Wildman–Crippen MR) is 176 cm³/mol. The molecule has 3 aliphatic carbocycles. The molecule has 0 aromatic carbocycles. The maximum atomic E-state index is 6.92. The van der Waals surface area contributed by atoms with Crippen LogP contribution in [0.3, 0.4) is 0 Å². The summed E-state index contributed by atoms with van der Waals surface area (Å²) in [6.45, 7) is 36.2. The molecule has 0 N–H and O–H groups in total. The van der Waals surface area contributed by atoms with Gasteiger partial charge in [0.1, 0.15) is 0 Å². The minimum Gasteiger partial charge on any atom is -0.410 e. The third-order valence-corrected chi connectivity index (χ3v) is 16.7. The Morgan fingerprint density at radius 1 is 1.00 bits per heavy atom. The molecule has 0 aromatic rings. The van der Waals surface area contributed by atoms with Crippen molar-refractivity contribution >= 4 is 8.32 Å². The first-order valence-corrected chi connectivity index (χ1v) is 19.3. The standard InChI is InChI=1S/C37H66OSi/c1-26-24-29(25-33(27(26)2)38-39(13,14)35(7,8)9)17-18-30-16-15-21-37(12)31(19-20-32(30)37)28(3)36(10,11)23-22-34(4,5)6/h17-18,26,28,31-33H,2,15-16,19-25H2,1,3-14H3/b29-17-,30-18+/t26-,28-,31?,32?,33-,37-/m1/s1. The Morgan fingerprint density at radius 3 is 2.23 bits per heavy atom. The van der Waals surface area contributed by atoms with Gasteiger partial charge in [-0.15, -0.1) is 0 Å². The lowest BCUT2D eigenvalue weighted by atomic mass is 9.57. The predicted octanol–water partition coefficient (Wildman–Crippen LogP) is 11.9. The molecule has 3 rings (SSSR count). The molecule has 0 aliphatic heterocycles. The van der Waals surface area contributed by atoms with Gasteiger partial charge in [0.25, 0.3) is 0 Å². The molecule has 0 heterocycles. The maximum absolute atomic E-state index is 6.92. The molecule has 224 valence electrons. The number of fused-ring (bicyclic) bond motifs is 1. The Kier molecular flexibility index (Phi) is 9.77. The van der Waals surface area contributed by atoms with Crippen LogP contribution in [0.1, 0.15) is 134 Å². The lowest BCUT2D eigenvalue weighted by molar-refractivity contribution is 0.0326. The second kappa shape index (κ2) is 11.6. The van der Waals surface area contributed by atoms with Crippen molar-refractivity contribution < 1.29 is 4.43 Å². The SMILES string of the molecule is C=C1[C@H](C)C/C(=C/C=C2\CCC[C@@]3(C)C2CCC3[C@@H](C)C(C)(C)CCC(C)(C)C)C[C@H]1O[Si](C)(C)C(C)(C)C. The second-order valence-electron chi connectivity index (χ2n) is 17.8. The molecule has 6 atom stereocenters. The van der Waals surface area contributed by atoms with Crippen molar-refractivity contribution in [2.45, 2.75) is 158 Å². The van der Waals surface area contributed by atoms with Crippen LogP contribution in [-0.2, 0) is 4.43 Å². The van der Waals surface area contributed by atoms with E-state index in [0.717, 1.165) is 30.6 Å². The van der Waals surface area contributed by atoms with E-state index in [0.29, 0.717) is 22.2 Å². The molecule has 0 spiro atoms. The van der Waals surface area contributed by atoms with E-state index in [1.165, 1.54) is 50.5 Å². The fourth-order valence-corrected chi connectivity index (χ4v) is 9.17. The van der Waals surface area contributed by atoms with Gasteiger partial charge in [-0.3, -0.25) is 0 Å². The number of allylic oxidation sites excluding steroid dienone is 3. The largest absolute Gasteiger partial charge is 0.410 e. The molecule has 39 heavy (non-hydrogen) atoms. The molecular formula is C37H66OSi. The molecule has 0 amide bonds. The van der Waals surface area contributed by atoms with Gasteiger partial charge in [-0.2, -0.15) is 0 Å². The molecule has 3 fully saturated rings. The first-order valence-electron chi connectivity index (χ1n) is 16.4. The lowest BCUT2D eigenvalue weighted by Gasteiger charge is -2.48. The van der Waals surface area contributed by atoms with Gasteiger partial charge in [-0.1, -0.05) is 106 Å². The lowest BCUT2D eigenvalue weighted by Crippen LogP contribution is -2.45. The quantitative estimate of drug-likeness (QED) is 0.224. The highest BCUT2D eigenvalue weighted by atomic mass is 28.4. The molecule has 3 aliphatic rings. The smallest absolute Gasteiger partial charge is 0.192 e. The summed E-state index contributed by atoms with van der Waals surface area (Å²) in [5, 5.41) is 0.226. The zero-order chi connectivity index (χ0) is 29.6. The van der Waals surface area contributed by atoms with Crippen LogP contribution in [-0.4, -0.2) is 14.4 Å². The van der Waals surface area contributed by atoms with Crippen molar-refractivity contribution in [1.29, 1.82) is 0 Å². The molecule has 3 saturated carbocycles. The third-order valence-electron chi connectivity index (χ3n) is 12.2. The average molecular weight is 555 g/mol. The topological polar surface area (TPSA) is 9.23 Å². The number of hydrogen-bond acceptors (Lipinski definition) is 1. The third kappa shape index (κ3) is 7.43. The molecule has 1 nitrogen and oxygen atoms in total. The molecule has 0 radical (unpaired) electrons. The van der Waals surface area contributed by atoms with E-state index < -0.39 is 8.32 Å². The zero-order valence-electron chi connectivity index (χ0n) is 28.5. The van der Waals surface area contributed by atoms with Crippen LogP contribution >= 0.6 is 0 Å². The highest BCUT2D eigenvalue weighted by Gasteiger charge is 2.53. The summed E-state index contributed by atoms with van der Waals surface area (Å²) in [6.07, 6.45) is 17.0. The Bertz CT molecular complexity index is 935. The van der Waals surface area contributed by atoms with Crippen LogP contribution < -0.4 is 0 Å². The minimum atomic E-state index is -1.83. The maximum Gasteiger partial charge on any atom is 0.192 e. The van der Waals surface area contributed by atoms with Crippen molar-refractivity contribution in [2.75, 3.05) is 0 Å². The van der Waals surface area contributed by atoms with Gasteiger partial charge in [0.15, 0.2) is 8.32 Å². The van der Waals surface area contributed by atoms with E-state index in [-0.39, 0.29) is 11.1 Å². The van der Waals surface area contributed by atoms with Crippen molar-refractivity contribution in [1.82, 2.24) is 0 Å². The summed E-state index contributed by atoms with van der Waals surface area (Å²) in [5.41, 5.74) is 5.92. The average Bonchev–Trinajstić information content (AvgIpc) is 3.15. The first-order chi connectivity index (χ1) is 17.7. The van der Waals surface area contributed by atoms with Crippen LogP contribution in [0.5, 0.6) is 0 Å². The van der Waals surface area contributed by atoms with Gasteiger partial charge >= 0.3 is 0 Å². The normalized spacial score (nSPS) is 34.0. The molecule has 0 aromatic heterocycles. The van der Waals surface area contributed by atoms with Crippen molar-refractivity contribution in [3.63, 3.8) is 0 Å². The second-order valence-corrected chi connectivity index (χ2v) is 22.5. The van der Waals surface area contributed by atoms with E-state index in [4.69, 9.17) is 4.43 Å². The monoisotopic (exact) mass is 554 g/mol. The highest BCUT2D eigenvalue weighted by Crippen LogP contribution is 2.62. The fourth-order valence-electron chi connectivity index (χ4n) is 7.88. The van der Waals surface area contributed by atoms with Gasteiger partial charge in [-0.05, 0) is 121 Å². The summed E-state index contributed by atoms with van der Waals surface area (Å²) in [7, 11) is -1.83. The van der Waals surface area contributed by atoms with Crippen molar-refractivity contribution in [3.8, 4) is 0 Å². The fraction of sp³-hybridized carbons (Fsp3) is 0.838. The van der Waals surface area contributed by atoms with Crippen molar-refractivity contribution in [2.24, 2.45) is 39.9 Å². The molecular weight excluding hydrogens is 488 g/mol. The Hall–Kier alpha value is -0.603. The van der Waals surface area contributed by atoms with E-state index in [9.17, 15) is 0 Å². The van der Waals surface area contributed by atoms with Crippen molar-refractivity contribution in [3.05, 3.63) is 35.5 Å². The summed E-state index contributed by atoms with van der Waals surface area (Å²) in [5.74, 6) is 2.88. The van der Waals surface area contributed by atoms with E-state index in [2.05, 4.69) is 108 Å². The van der Waals surface area contributed by atoms with Crippen LogP contribution in [0.2, 0.25) is 18.1 Å². The molecule has 0 saturated heterocycles. The Labute approximate surface area is 245 Å². The Balaban J connectivity index is 1.77. The molecule has 2 unspecified atom stereocenters. The van der Waals surface area contributed by atoms with E-state index in [1.807, 2.05) is 0 Å². The van der Waals surface area contributed by atoms with E-state index >= 15 is 0 Å². The summed E-state index contributed by atoms with van der Waals surface area (Å²) in [4.78, 5) is 0. The van der Waals surface area contributed by atoms with Gasteiger partial charge in [0.2, 0.25) is 0 Å². The number of hydrogen-bond donors (Lipinski definition) is 0. The van der Waals surface area contributed by atoms with Gasteiger partial charge < -0.3 is 4.43 Å². The summed E-state index contributed by atoms with van der Waals surface area (Å²) in [6, 6.07) is 0. The van der Waals surface area contributed by atoms with Crippen LogP contribution in [0.15, 0.2) is 35.5 Å². The van der Waals surface area contributed by atoms with Gasteiger partial charge in [-0.25, -0.2) is 0 Å². The van der Waals surface area contributed by atoms with E-state index in [1.54, 1.807) is 11.1 Å². The first kappa shape index (κ1) is 32.9. The molecule has 0 bridgehead atoms. The van der Waals surface area contributed by atoms with Gasteiger partial charge in [0.05, 0.1) is 6.10 Å². The zero-order valence-corrected chi connectivity index (χ0v) is 29.5. The highest BCUT2D eigenvalue weighted by molar-refractivity contribution is 6.74. The molecule has 2 heteroatoms. The summed E-state index contributed by atoms with van der Waals surface area (Å²) < 4.78 is 6.92. The van der Waals surface area contributed by atoms with Gasteiger partial charge in [0, 0.05) is 0 Å². The minimum absolute atomic E-state index is 0.183. The van der Waals surface area contributed by atoms with Crippen LogP contribution in [0.25, 0.3) is 0 Å². The van der Waals surface area contributed by atoms with Crippen LogP contribution in [0, 0.1) is 39.9 Å². The summed E-state index contributed by atoms with van der Waals surface area (Å²) >= 11 is 0.